The van der Waals surface area contributed by atoms with Crippen LogP contribution in [0.1, 0.15) is 22.3 Å². The molecule has 1 amide bonds. The molecule has 1 aromatic carbocycles. The van der Waals surface area contributed by atoms with E-state index in [4.69, 9.17) is 9.88 Å². The second-order valence-corrected chi connectivity index (χ2v) is 5.74. The molecule has 0 unspecified atom stereocenters. The lowest BCUT2D eigenvalue weighted by molar-refractivity contribution is 0.0948. The molecule has 3 N–H and O–H groups in total. The Balaban J connectivity index is 2.83. The minimum atomic E-state index is -3.81. The van der Waals surface area contributed by atoms with Gasteiger partial charge in [-0.3, -0.25) is 4.79 Å². The topological polar surface area (TPSA) is 98.5 Å². The molecular formula is C12H18N2O4S. The number of aryl methyl sites for hydroxylation is 1. The van der Waals surface area contributed by atoms with Crippen molar-refractivity contribution in [3.8, 4) is 0 Å². The second-order valence-electron chi connectivity index (χ2n) is 4.18. The van der Waals surface area contributed by atoms with Gasteiger partial charge in [-0.05, 0) is 37.1 Å². The minimum absolute atomic E-state index is 0.0606. The molecule has 0 aliphatic heterocycles. The van der Waals surface area contributed by atoms with Crippen LogP contribution in [0.15, 0.2) is 23.1 Å². The van der Waals surface area contributed by atoms with Crippen LogP contribution in [0.4, 0.5) is 0 Å². The lowest BCUT2D eigenvalue weighted by atomic mass is 10.1. The SMILES string of the molecule is COCCCNC(=O)c1cc(C)cc(S(N)(=O)=O)c1. The quantitative estimate of drug-likeness (QED) is 0.740. The summed E-state index contributed by atoms with van der Waals surface area (Å²) < 4.78 is 27.4. The third-order valence-electron chi connectivity index (χ3n) is 2.45. The van der Waals surface area contributed by atoms with Gasteiger partial charge in [-0.25, -0.2) is 13.6 Å². The van der Waals surface area contributed by atoms with Crippen molar-refractivity contribution in [2.75, 3.05) is 20.3 Å². The van der Waals surface area contributed by atoms with Crippen LogP contribution < -0.4 is 10.5 Å². The maximum atomic E-state index is 11.9. The zero-order valence-corrected chi connectivity index (χ0v) is 11.8. The number of amides is 1. The van der Waals surface area contributed by atoms with Crippen molar-refractivity contribution in [1.29, 1.82) is 0 Å². The molecule has 0 aliphatic carbocycles. The maximum absolute atomic E-state index is 11.9. The van der Waals surface area contributed by atoms with E-state index in [0.29, 0.717) is 25.1 Å². The first kappa shape index (κ1) is 15.6. The van der Waals surface area contributed by atoms with Crippen molar-refractivity contribution in [2.45, 2.75) is 18.2 Å². The first-order valence-electron chi connectivity index (χ1n) is 5.76. The van der Waals surface area contributed by atoms with Crippen LogP contribution in [-0.4, -0.2) is 34.6 Å². The van der Waals surface area contributed by atoms with E-state index in [1.165, 1.54) is 12.1 Å². The van der Waals surface area contributed by atoms with Crippen LogP contribution in [0.3, 0.4) is 0 Å². The molecule has 1 aromatic rings. The van der Waals surface area contributed by atoms with E-state index in [0.717, 1.165) is 0 Å². The van der Waals surface area contributed by atoms with Gasteiger partial charge in [-0.2, -0.15) is 0 Å². The van der Waals surface area contributed by atoms with Crippen molar-refractivity contribution in [3.05, 3.63) is 29.3 Å². The summed E-state index contributed by atoms with van der Waals surface area (Å²) in [5, 5.41) is 7.74. The summed E-state index contributed by atoms with van der Waals surface area (Å²) in [6.07, 6.45) is 0.691. The summed E-state index contributed by atoms with van der Waals surface area (Å²) in [4.78, 5) is 11.8. The Labute approximate surface area is 113 Å². The van der Waals surface area contributed by atoms with Crippen LogP contribution in [0.2, 0.25) is 0 Å². The van der Waals surface area contributed by atoms with Gasteiger partial charge in [0.05, 0.1) is 4.90 Å². The maximum Gasteiger partial charge on any atom is 0.251 e. The molecule has 106 valence electrons. The number of hydrogen-bond donors (Lipinski definition) is 2. The van der Waals surface area contributed by atoms with Gasteiger partial charge in [0.1, 0.15) is 0 Å². The van der Waals surface area contributed by atoms with Crippen LogP contribution in [-0.2, 0) is 14.8 Å². The number of carbonyl (C=O) groups is 1. The number of benzene rings is 1. The first-order chi connectivity index (χ1) is 8.84. The van der Waals surface area contributed by atoms with Crippen LogP contribution in [0, 0.1) is 6.92 Å². The molecular weight excluding hydrogens is 268 g/mol. The Hall–Kier alpha value is -1.44. The lowest BCUT2D eigenvalue weighted by Gasteiger charge is -2.07. The van der Waals surface area contributed by atoms with Gasteiger partial charge >= 0.3 is 0 Å². The van der Waals surface area contributed by atoms with Gasteiger partial charge < -0.3 is 10.1 Å². The number of nitrogens with two attached hydrogens (primary N) is 1. The number of hydrogen-bond acceptors (Lipinski definition) is 4. The van der Waals surface area contributed by atoms with Crippen LogP contribution in [0.5, 0.6) is 0 Å². The molecule has 0 fully saturated rings. The summed E-state index contributed by atoms with van der Waals surface area (Å²) in [7, 11) is -2.23. The number of rotatable bonds is 6. The molecule has 0 heterocycles. The van der Waals surface area contributed by atoms with Gasteiger partial charge in [-0.15, -0.1) is 0 Å². The fraction of sp³-hybridized carbons (Fsp3) is 0.417. The standard InChI is InChI=1S/C12H18N2O4S/c1-9-6-10(8-11(7-9)19(13,16)17)12(15)14-4-3-5-18-2/h6-8H,3-5H2,1-2H3,(H,14,15)(H2,13,16,17). The Morgan fingerprint density at radius 3 is 2.63 bits per heavy atom. The highest BCUT2D eigenvalue weighted by Crippen LogP contribution is 2.13. The van der Waals surface area contributed by atoms with Crippen molar-refractivity contribution < 1.29 is 17.9 Å². The normalized spacial score (nSPS) is 11.3. The summed E-state index contributed by atoms with van der Waals surface area (Å²) in [6, 6.07) is 4.31. The van der Waals surface area contributed by atoms with Gasteiger partial charge in [0.15, 0.2) is 0 Å². The Bertz CT molecular complexity index is 555. The number of primary sulfonamides is 1. The molecule has 0 saturated carbocycles. The predicted octanol–water partition coefficient (Wildman–Crippen LogP) is 0.409. The molecule has 0 spiro atoms. The van der Waals surface area contributed by atoms with E-state index < -0.39 is 10.0 Å². The van der Waals surface area contributed by atoms with Crippen molar-refractivity contribution in [1.82, 2.24) is 5.32 Å². The summed E-state index contributed by atoms with van der Waals surface area (Å²) >= 11 is 0. The highest BCUT2D eigenvalue weighted by atomic mass is 32.2. The van der Waals surface area contributed by atoms with Gasteiger partial charge in [0, 0.05) is 25.8 Å². The zero-order valence-electron chi connectivity index (χ0n) is 11.0. The molecule has 0 aromatic heterocycles. The summed E-state index contributed by atoms with van der Waals surface area (Å²) in [6.45, 7) is 2.72. The van der Waals surface area contributed by atoms with Crippen LogP contribution >= 0.6 is 0 Å². The Morgan fingerprint density at radius 1 is 1.37 bits per heavy atom. The van der Waals surface area contributed by atoms with Crippen molar-refractivity contribution >= 4 is 15.9 Å². The van der Waals surface area contributed by atoms with Gasteiger partial charge in [0.25, 0.3) is 5.91 Å². The average molecular weight is 286 g/mol. The Morgan fingerprint density at radius 2 is 2.05 bits per heavy atom. The zero-order chi connectivity index (χ0) is 14.5. The van der Waals surface area contributed by atoms with Gasteiger partial charge in [-0.1, -0.05) is 0 Å². The second kappa shape index (κ2) is 6.65. The third-order valence-corrected chi connectivity index (χ3v) is 3.35. The van der Waals surface area contributed by atoms with E-state index >= 15 is 0 Å². The fourth-order valence-electron chi connectivity index (χ4n) is 1.56. The number of carbonyl (C=O) groups excluding carboxylic acids is 1. The minimum Gasteiger partial charge on any atom is -0.385 e. The molecule has 0 bridgehead atoms. The number of nitrogens with one attached hydrogen (secondary N) is 1. The summed E-state index contributed by atoms with van der Waals surface area (Å²) in [5.74, 6) is -0.329. The lowest BCUT2D eigenvalue weighted by Crippen LogP contribution is -2.25. The average Bonchev–Trinajstić information content (AvgIpc) is 2.32. The molecule has 0 saturated heterocycles. The van der Waals surface area contributed by atoms with Crippen molar-refractivity contribution in [3.63, 3.8) is 0 Å². The third kappa shape index (κ3) is 4.98. The number of sulfonamides is 1. The smallest absolute Gasteiger partial charge is 0.251 e. The molecule has 0 atom stereocenters. The van der Waals surface area contributed by atoms with Gasteiger partial charge in [0.2, 0.25) is 10.0 Å². The monoisotopic (exact) mass is 286 g/mol. The highest BCUT2D eigenvalue weighted by Gasteiger charge is 2.13. The first-order valence-corrected chi connectivity index (χ1v) is 7.31. The molecule has 0 aliphatic rings. The molecule has 19 heavy (non-hydrogen) atoms. The molecule has 0 radical (unpaired) electrons. The predicted molar refractivity (Wildman–Crippen MR) is 71.4 cm³/mol. The van der Waals surface area contributed by atoms with E-state index in [9.17, 15) is 13.2 Å². The van der Waals surface area contributed by atoms with E-state index in [1.807, 2.05) is 0 Å². The molecule has 7 heteroatoms. The van der Waals surface area contributed by atoms with E-state index in [2.05, 4.69) is 5.32 Å². The fourth-order valence-corrected chi connectivity index (χ4v) is 2.21. The number of ether oxygens (including phenoxy) is 1. The largest absolute Gasteiger partial charge is 0.385 e. The highest BCUT2D eigenvalue weighted by molar-refractivity contribution is 7.89. The molecule has 1 rings (SSSR count). The van der Waals surface area contributed by atoms with E-state index in [1.54, 1.807) is 20.1 Å². The van der Waals surface area contributed by atoms with Crippen LogP contribution in [0.25, 0.3) is 0 Å². The number of methoxy groups -OCH3 is 1. The Kier molecular flexibility index (Phi) is 5.46. The van der Waals surface area contributed by atoms with Crippen molar-refractivity contribution in [2.24, 2.45) is 5.14 Å². The van der Waals surface area contributed by atoms with E-state index in [-0.39, 0.29) is 16.4 Å². The molecule has 6 nitrogen and oxygen atoms in total. The summed E-state index contributed by atoms with van der Waals surface area (Å²) in [5.41, 5.74) is 0.940.